The number of hydrogen-bond donors (Lipinski definition) is 1. The van der Waals surface area contributed by atoms with Crippen molar-refractivity contribution in [2.45, 2.75) is 31.1 Å². The number of sulfonamides is 1. The van der Waals surface area contributed by atoms with E-state index < -0.39 is 15.3 Å². The monoisotopic (exact) mass is 298 g/mol. The van der Waals surface area contributed by atoms with Crippen molar-refractivity contribution < 1.29 is 13.2 Å². The summed E-state index contributed by atoms with van der Waals surface area (Å²) >= 11 is 0. The van der Waals surface area contributed by atoms with Gasteiger partial charge in [0.1, 0.15) is 0 Å². The molecule has 0 aromatic heterocycles. The molecule has 1 saturated carbocycles. The second-order valence-electron chi connectivity index (χ2n) is 5.29. The number of hydrogen-bond acceptors (Lipinski definition) is 4. The van der Waals surface area contributed by atoms with E-state index in [0.717, 1.165) is 12.8 Å². The summed E-state index contributed by atoms with van der Waals surface area (Å²) in [5.74, 6) is 0.828. The first kappa shape index (κ1) is 16.2. The third kappa shape index (κ3) is 2.82. The number of halogens is 1. The van der Waals surface area contributed by atoms with Crippen molar-refractivity contribution in [3.8, 4) is 0 Å². The number of ether oxygens (including phenoxy) is 1. The van der Waals surface area contributed by atoms with Crippen molar-refractivity contribution >= 4 is 22.4 Å². The molecule has 108 valence electrons. The quantitative estimate of drug-likeness (QED) is 0.817. The van der Waals surface area contributed by atoms with E-state index in [4.69, 9.17) is 10.5 Å². The van der Waals surface area contributed by atoms with Gasteiger partial charge in [0.25, 0.3) is 0 Å². The van der Waals surface area contributed by atoms with Gasteiger partial charge in [-0.3, -0.25) is 0 Å². The summed E-state index contributed by atoms with van der Waals surface area (Å²) < 4.78 is 31.1. The van der Waals surface area contributed by atoms with Crippen LogP contribution in [0.3, 0.4) is 0 Å². The highest BCUT2D eigenvalue weighted by Gasteiger charge is 2.45. The Morgan fingerprint density at radius 3 is 2.61 bits per heavy atom. The predicted octanol–water partition coefficient (Wildman–Crippen LogP) is 0.442. The molecule has 1 heterocycles. The molecule has 0 radical (unpaired) electrons. The van der Waals surface area contributed by atoms with Crippen LogP contribution in [0.1, 0.15) is 19.8 Å². The van der Waals surface area contributed by atoms with E-state index in [9.17, 15) is 8.42 Å². The smallest absolute Gasteiger partial charge is 0.219 e. The molecular formula is C11H23ClN2O3S. The molecule has 0 bridgehead atoms. The molecule has 1 aliphatic carbocycles. The number of nitrogens with zero attached hydrogens (tertiary/aromatic N) is 1. The summed E-state index contributed by atoms with van der Waals surface area (Å²) in [4.78, 5) is 0. The van der Waals surface area contributed by atoms with Crippen molar-refractivity contribution in [2.24, 2.45) is 17.6 Å². The van der Waals surface area contributed by atoms with Gasteiger partial charge in [0, 0.05) is 26.2 Å². The van der Waals surface area contributed by atoms with Crippen LogP contribution < -0.4 is 5.73 Å². The van der Waals surface area contributed by atoms with Crippen molar-refractivity contribution in [2.75, 3.05) is 26.8 Å². The van der Waals surface area contributed by atoms with E-state index >= 15 is 0 Å². The minimum atomic E-state index is -3.21. The van der Waals surface area contributed by atoms with Gasteiger partial charge in [-0.25, -0.2) is 12.7 Å². The molecule has 2 N–H and O–H groups in total. The maximum Gasteiger partial charge on any atom is 0.219 e. The lowest BCUT2D eigenvalue weighted by Crippen LogP contribution is -2.39. The van der Waals surface area contributed by atoms with E-state index in [0.29, 0.717) is 24.9 Å². The summed E-state index contributed by atoms with van der Waals surface area (Å²) in [6.45, 7) is 3.20. The van der Waals surface area contributed by atoms with E-state index in [2.05, 4.69) is 0 Å². The molecule has 4 unspecified atom stereocenters. The summed E-state index contributed by atoms with van der Waals surface area (Å²) in [6, 6.07) is 0.179. The molecule has 0 aromatic rings. The zero-order valence-electron chi connectivity index (χ0n) is 10.9. The second kappa shape index (κ2) is 6.05. The third-order valence-electron chi connectivity index (χ3n) is 4.15. The summed E-state index contributed by atoms with van der Waals surface area (Å²) in [7, 11) is -1.69. The Hall–Kier alpha value is 0.120. The summed E-state index contributed by atoms with van der Waals surface area (Å²) in [5, 5.41) is -0.470. The summed E-state index contributed by atoms with van der Waals surface area (Å²) in [6.07, 6.45) is 2.10. The van der Waals surface area contributed by atoms with E-state index in [1.807, 2.05) is 0 Å². The minimum Gasteiger partial charge on any atom is -0.383 e. The highest BCUT2D eigenvalue weighted by Crippen LogP contribution is 2.38. The van der Waals surface area contributed by atoms with Gasteiger partial charge in [0.05, 0.1) is 11.9 Å². The number of nitrogens with two attached hydrogens (primary N) is 1. The lowest BCUT2D eigenvalue weighted by Gasteiger charge is -2.22. The van der Waals surface area contributed by atoms with Crippen LogP contribution in [0.5, 0.6) is 0 Å². The standard InChI is InChI=1S/C11H22N2O3S.ClH/c1-8(7-16-2)17(14,15)13-5-9-3-4-11(12)10(9)6-13;/h8-11H,3-7,12H2,1-2H3;1H. The fourth-order valence-corrected chi connectivity index (χ4v) is 4.65. The molecule has 2 fully saturated rings. The van der Waals surface area contributed by atoms with Gasteiger partial charge in [-0.2, -0.15) is 0 Å². The molecule has 1 aliphatic heterocycles. The topological polar surface area (TPSA) is 72.6 Å². The third-order valence-corrected chi connectivity index (χ3v) is 6.32. The number of fused-ring (bicyclic) bond motifs is 1. The van der Waals surface area contributed by atoms with Crippen LogP contribution in [-0.4, -0.2) is 50.8 Å². The van der Waals surface area contributed by atoms with Crippen LogP contribution in [-0.2, 0) is 14.8 Å². The molecule has 0 aromatic carbocycles. The second-order valence-corrected chi connectivity index (χ2v) is 7.64. The van der Waals surface area contributed by atoms with Crippen LogP contribution in [0, 0.1) is 11.8 Å². The van der Waals surface area contributed by atoms with E-state index in [-0.39, 0.29) is 25.1 Å². The maximum absolute atomic E-state index is 12.3. The Morgan fingerprint density at radius 1 is 1.39 bits per heavy atom. The van der Waals surface area contributed by atoms with Gasteiger partial charge in [-0.15, -0.1) is 12.4 Å². The molecule has 2 rings (SSSR count). The predicted molar refractivity (Wildman–Crippen MR) is 73.3 cm³/mol. The zero-order chi connectivity index (χ0) is 12.6. The highest BCUT2D eigenvalue weighted by molar-refractivity contribution is 7.89. The maximum atomic E-state index is 12.3. The Balaban J connectivity index is 0.00000162. The minimum absolute atomic E-state index is 0. The number of rotatable bonds is 4. The molecule has 5 nitrogen and oxygen atoms in total. The Morgan fingerprint density at radius 2 is 2.06 bits per heavy atom. The van der Waals surface area contributed by atoms with Gasteiger partial charge in [0.15, 0.2) is 0 Å². The van der Waals surface area contributed by atoms with Gasteiger partial charge in [-0.1, -0.05) is 0 Å². The normalized spacial score (nSPS) is 34.1. The van der Waals surface area contributed by atoms with Crippen LogP contribution in [0.25, 0.3) is 0 Å². The first-order valence-corrected chi connectivity index (χ1v) is 7.70. The fourth-order valence-electron chi connectivity index (χ4n) is 3.05. The molecule has 2 aliphatic rings. The van der Waals surface area contributed by atoms with Crippen molar-refractivity contribution in [1.29, 1.82) is 0 Å². The molecule has 0 spiro atoms. The van der Waals surface area contributed by atoms with Crippen LogP contribution >= 0.6 is 12.4 Å². The fraction of sp³-hybridized carbons (Fsp3) is 1.00. The van der Waals surface area contributed by atoms with Crippen LogP contribution in [0.2, 0.25) is 0 Å². The molecular weight excluding hydrogens is 276 g/mol. The lowest BCUT2D eigenvalue weighted by atomic mass is 9.98. The van der Waals surface area contributed by atoms with Crippen LogP contribution in [0.15, 0.2) is 0 Å². The molecule has 18 heavy (non-hydrogen) atoms. The Bertz CT molecular complexity index is 376. The number of methoxy groups -OCH3 is 1. The largest absolute Gasteiger partial charge is 0.383 e. The van der Waals surface area contributed by atoms with Gasteiger partial charge in [0.2, 0.25) is 10.0 Å². The molecule has 7 heteroatoms. The van der Waals surface area contributed by atoms with Gasteiger partial charge >= 0.3 is 0 Å². The first-order valence-electron chi connectivity index (χ1n) is 6.20. The Labute approximate surface area is 116 Å². The van der Waals surface area contributed by atoms with Crippen LogP contribution in [0.4, 0.5) is 0 Å². The van der Waals surface area contributed by atoms with E-state index in [1.165, 1.54) is 7.11 Å². The van der Waals surface area contributed by atoms with E-state index in [1.54, 1.807) is 11.2 Å². The first-order chi connectivity index (χ1) is 7.96. The SMILES string of the molecule is COCC(C)S(=O)(=O)N1CC2CCC(N)C2C1.Cl. The van der Waals surface area contributed by atoms with Gasteiger partial charge < -0.3 is 10.5 Å². The average Bonchev–Trinajstić information content (AvgIpc) is 2.82. The molecule has 0 amide bonds. The summed E-state index contributed by atoms with van der Waals surface area (Å²) in [5.41, 5.74) is 6.01. The zero-order valence-corrected chi connectivity index (χ0v) is 12.5. The van der Waals surface area contributed by atoms with Crippen molar-refractivity contribution in [3.05, 3.63) is 0 Å². The van der Waals surface area contributed by atoms with Crippen molar-refractivity contribution in [1.82, 2.24) is 4.31 Å². The molecule has 4 atom stereocenters. The highest BCUT2D eigenvalue weighted by atomic mass is 35.5. The Kier molecular flexibility index (Phi) is 5.44. The average molecular weight is 299 g/mol. The van der Waals surface area contributed by atoms with Gasteiger partial charge in [-0.05, 0) is 31.6 Å². The van der Waals surface area contributed by atoms with Crippen molar-refractivity contribution in [3.63, 3.8) is 0 Å². The lowest BCUT2D eigenvalue weighted by molar-refractivity contribution is 0.198. The molecule has 1 saturated heterocycles.